The minimum Gasteiger partial charge on any atom is -0.464 e. The summed E-state index contributed by atoms with van der Waals surface area (Å²) in [5.41, 5.74) is -0.162. The average molecular weight is 284 g/mol. The Labute approximate surface area is 119 Å². The van der Waals surface area contributed by atoms with Gasteiger partial charge in [-0.1, -0.05) is 0 Å². The number of thioether (sulfide) groups is 1. The van der Waals surface area contributed by atoms with Crippen LogP contribution in [0.4, 0.5) is 0 Å². The van der Waals surface area contributed by atoms with Gasteiger partial charge in [0.1, 0.15) is 11.5 Å². The Balaban J connectivity index is 2.18. The quantitative estimate of drug-likeness (QED) is 0.756. The summed E-state index contributed by atoms with van der Waals surface area (Å²) in [6.45, 7) is 7.26. The van der Waals surface area contributed by atoms with E-state index in [4.69, 9.17) is 4.42 Å². The van der Waals surface area contributed by atoms with Crippen LogP contribution in [0.15, 0.2) is 16.5 Å². The van der Waals surface area contributed by atoms with Gasteiger partial charge in [0.25, 0.3) is 0 Å². The van der Waals surface area contributed by atoms with Crippen molar-refractivity contribution in [1.29, 1.82) is 0 Å². The van der Waals surface area contributed by atoms with E-state index in [9.17, 15) is 4.79 Å². The third kappa shape index (κ3) is 7.28. The van der Waals surface area contributed by atoms with Crippen molar-refractivity contribution >= 4 is 17.7 Å². The van der Waals surface area contributed by atoms with Gasteiger partial charge < -0.3 is 15.1 Å². The summed E-state index contributed by atoms with van der Waals surface area (Å²) in [5.74, 6) is 2.88. The third-order valence-electron chi connectivity index (χ3n) is 2.35. The molecule has 0 fully saturated rings. The Morgan fingerprint density at radius 1 is 1.32 bits per heavy atom. The second kappa shape index (κ2) is 7.60. The normalized spacial score (nSPS) is 11.6. The zero-order valence-electron chi connectivity index (χ0n) is 12.2. The van der Waals surface area contributed by atoms with E-state index in [-0.39, 0.29) is 11.4 Å². The van der Waals surface area contributed by atoms with E-state index in [0.717, 1.165) is 17.3 Å². The first-order valence-corrected chi connectivity index (χ1v) is 7.88. The molecule has 1 aromatic heterocycles. The molecule has 2 N–H and O–H groups in total. The lowest BCUT2D eigenvalue weighted by Crippen LogP contribution is -2.41. The van der Waals surface area contributed by atoms with E-state index in [2.05, 4.69) is 10.6 Å². The monoisotopic (exact) mass is 284 g/mol. The summed E-state index contributed by atoms with van der Waals surface area (Å²) in [6.07, 6.45) is 2.53. The van der Waals surface area contributed by atoms with Crippen molar-refractivity contribution in [3.05, 3.63) is 23.7 Å². The highest BCUT2D eigenvalue weighted by molar-refractivity contribution is 7.97. The smallest absolute Gasteiger partial charge is 0.221 e. The fourth-order valence-electron chi connectivity index (χ4n) is 1.63. The summed E-state index contributed by atoms with van der Waals surface area (Å²) in [4.78, 5) is 11.6. The van der Waals surface area contributed by atoms with Gasteiger partial charge in [0.05, 0.1) is 12.3 Å². The third-order valence-corrected chi connectivity index (χ3v) is 2.92. The molecule has 0 aromatic carbocycles. The van der Waals surface area contributed by atoms with Gasteiger partial charge in [0.2, 0.25) is 5.91 Å². The molecule has 4 nitrogen and oxygen atoms in total. The molecule has 0 radical (unpaired) electrons. The summed E-state index contributed by atoms with van der Waals surface area (Å²) in [6, 6.07) is 3.98. The van der Waals surface area contributed by atoms with Crippen LogP contribution in [-0.4, -0.2) is 24.2 Å². The van der Waals surface area contributed by atoms with Gasteiger partial charge in [-0.2, -0.15) is 11.8 Å². The van der Waals surface area contributed by atoms with Crippen molar-refractivity contribution in [2.75, 3.05) is 12.8 Å². The van der Waals surface area contributed by atoms with Crippen LogP contribution in [0.3, 0.4) is 0 Å². The highest BCUT2D eigenvalue weighted by atomic mass is 32.2. The molecule has 0 saturated carbocycles. The van der Waals surface area contributed by atoms with Gasteiger partial charge in [-0.25, -0.2) is 0 Å². The number of amides is 1. The predicted molar refractivity (Wildman–Crippen MR) is 80.1 cm³/mol. The van der Waals surface area contributed by atoms with Gasteiger partial charge in [0.15, 0.2) is 0 Å². The number of hydrogen-bond donors (Lipinski definition) is 2. The second-order valence-corrected chi connectivity index (χ2v) is 6.39. The number of rotatable bonds is 7. The fraction of sp³-hybridized carbons (Fsp3) is 0.643. The fourth-order valence-corrected chi connectivity index (χ4v) is 2.07. The lowest BCUT2D eigenvalue weighted by Gasteiger charge is -2.20. The van der Waals surface area contributed by atoms with Crippen LogP contribution < -0.4 is 10.6 Å². The first kappa shape index (κ1) is 16.1. The topological polar surface area (TPSA) is 54.3 Å². The molecule has 0 aliphatic rings. The van der Waals surface area contributed by atoms with Crippen LogP contribution in [0.5, 0.6) is 0 Å². The summed E-state index contributed by atoms with van der Waals surface area (Å²) in [7, 11) is 0. The number of carbonyl (C=O) groups is 1. The predicted octanol–water partition coefficient (Wildman–Crippen LogP) is 2.54. The average Bonchev–Trinajstić information content (AvgIpc) is 2.70. The largest absolute Gasteiger partial charge is 0.464 e. The molecule has 1 rings (SSSR count). The summed E-state index contributed by atoms with van der Waals surface area (Å²) < 4.78 is 5.63. The van der Waals surface area contributed by atoms with Crippen LogP contribution in [-0.2, 0) is 17.1 Å². The number of hydrogen-bond acceptors (Lipinski definition) is 4. The standard InChI is InChI=1S/C14H24N2O2S/c1-14(2,3)16-13(17)7-8-15-9-11-5-6-12(18-11)10-19-4/h5-6,15H,7-10H2,1-4H3,(H,16,17). The molecule has 0 unspecified atom stereocenters. The van der Waals surface area contributed by atoms with Gasteiger partial charge in [-0.15, -0.1) is 0 Å². The highest BCUT2D eigenvalue weighted by Gasteiger charge is 2.12. The minimum absolute atomic E-state index is 0.0718. The van der Waals surface area contributed by atoms with Crippen LogP contribution in [0.25, 0.3) is 0 Å². The van der Waals surface area contributed by atoms with E-state index >= 15 is 0 Å². The molecule has 1 heterocycles. The number of furan rings is 1. The maximum Gasteiger partial charge on any atom is 0.221 e. The Morgan fingerprint density at radius 3 is 2.63 bits per heavy atom. The Bertz CT molecular complexity index is 396. The zero-order valence-corrected chi connectivity index (χ0v) is 13.0. The van der Waals surface area contributed by atoms with Gasteiger partial charge in [0, 0.05) is 18.5 Å². The van der Waals surface area contributed by atoms with Gasteiger partial charge in [-0.05, 0) is 39.2 Å². The molecule has 1 amide bonds. The van der Waals surface area contributed by atoms with Gasteiger partial charge >= 0.3 is 0 Å². The molecule has 0 bridgehead atoms. The van der Waals surface area contributed by atoms with E-state index in [0.29, 0.717) is 19.5 Å². The number of carbonyl (C=O) groups excluding carboxylic acids is 1. The van der Waals surface area contributed by atoms with Crippen molar-refractivity contribution < 1.29 is 9.21 Å². The molecular weight excluding hydrogens is 260 g/mol. The van der Waals surface area contributed by atoms with Crippen LogP contribution in [0, 0.1) is 0 Å². The molecule has 19 heavy (non-hydrogen) atoms. The summed E-state index contributed by atoms with van der Waals surface area (Å²) >= 11 is 1.74. The molecule has 0 aliphatic heterocycles. The highest BCUT2D eigenvalue weighted by Crippen LogP contribution is 2.13. The summed E-state index contributed by atoms with van der Waals surface area (Å²) in [5, 5.41) is 6.15. The van der Waals surface area contributed by atoms with E-state index < -0.39 is 0 Å². The number of nitrogens with one attached hydrogen (secondary N) is 2. The molecule has 0 aliphatic carbocycles. The Hall–Kier alpha value is -0.940. The van der Waals surface area contributed by atoms with E-state index in [1.807, 2.05) is 39.2 Å². The minimum atomic E-state index is -0.162. The Morgan fingerprint density at radius 2 is 2.00 bits per heavy atom. The van der Waals surface area contributed by atoms with Crippen LogP contribution >= 0.6 is 11.8 Å². The molecule has 0 saturated heterocycles. The lowest BCUT2D eigenvalue weighted by atomic mass is 10.1. The molecule has 5 heteroatoms. The van der Waals surface area contributed by atoms with Crippen molar-refractivity contribution in [2.45, 2.75) is 45.0 Å². The van der Waals surface area contributed by atoms with Crippen molar-refractivity contribution in [3.63, 3.8) is 0 Å². The van der Waals surface area contributed by atoms with Crippen LogP contribution in [0.1, 0.15) is 38.7 Å². The maximum atomic E-state index is 11.6. The molecular formula is C14H24N2O2S. The molecule has 0 atom stereocenters. The van der Waals surface area contributed by atoms with Crippen molar-refractivity contribution in [1.82, 2.24) is 10.6 Å². The molecule has 108 valence electrons. The Kier molecular flexibility index (Phi) is 6.45. The second-order valence-electron chi connectivity index (χ2n) is 5.53. The molecule has 1 aromatic rings. The zero-order chi connectivity index (χ0) is 14.3. The van der Waals surface area contributed by atoms with Crippen molar-refractivity contribution in [3.8, 4) is 0 Å². The first-order chi connectivity index (χ1) is 8.90. The van der Waals surface area contributed by atoms with Gasteiger partial charge in [-0.3, -0.25) is 4.79 Å². The lowest BCUT2D eigenvalue weighted by molar-refractivity contribution is -0.122. The first-order valence-electron chi connectivity index (χ1n) is 6.49. The molecule has 0 spiro atoms. The van der Waals surface area contributed by atoms with Crippen LogP contribution in [0.2, 0.25) is 0 Å². The maximum absolute atomic E-state index is 11.6. The SMILES string of the molecule is CSCc1ccc(CNCCC(=O)NC(C)(C)C)o1. The van der Waals surface area contributed by atoms with Crippen molar-refractivity contribution in [2.24, 2.45) is 0 Å². The van der Waals surface area contributed by atoms with E-state index in [1.165, 1.54) is 0 Å². The van der Waals surface area contributed by atoms with E-state index in [1.54, 1.807) is 11.8 Å².